The molecule has 0 aliphatic rings. The highest BCUT2D eigenvalue weighted by atomic mass is 79.9. The topological polar surface area (TPSA) is 43.8 Å². The molecule has 3 nitrogen and oxygen atoms in total. The SMILES string of the molecule is Cn1nc(CN)c(Br)c1-c1ccc(F)cc1F. The summed E-state index contributed by atoms with van der Waals surface area (Å²) >= 11 is 3.33. The van der Waals surface area contributed by atoms with E-state index in [9.17, 15) is 8.78 Å². The van der Waals surface area contributed by atoms with Crippen LogP contribution in [0.1, 0.15) is 5.69 Å². The quantitative estimate of drug-likeness (QED) is 0.926. The van der Waals surface area contributed by atoms with Crippen molar-refractivity contribution >= 4 is 15.9 Å². The molecule has 0 saturated carbocycles. The van der Waals surface area contributed by atoms with Gasteiger partial charge in [-0.25, -0.2) is 8.78 Å². The van der Waals surface area contributed by atoms with Gasteiger partial charge in [-0.05, 0) is 28.1 Å². The Labute approximate surface area is 105 Å². The highest BCUT2D eigenvalue weighted by Crippen LogP contribution is 2.32. The largest absolute Gasteiger partial charge is 0.325 e. The molecule has 2 aromatic rings. The number of hydrogen-bond donors (Lipinski definition) is 1. The predicted octanol–water partition coefficient (Wildman–Crippen LogP) is 2.59. The normalized spacial score (nSPS) is 10.9. The van der Waals surface area contributed by atoms with Crippen molar-refractivity contribution in [3.63, 3.8) is 0 Å². The third-order valence-corrected chi connectivity index (χ3v) is 3.27. The van der Waals surface area contributed by atoms with Crippen LogP contribution in [0.2, 0.25) is 0 Å². The van der Waals surface area contributed by atoms with Crippen LogP contribution in [0.4, 0.5) is 8.78 Å². The van der Waals surface area contributed by atoms with Crippen molar-refractivity contribution in [1.29, 1.82) is 0 Å². The second kappa shape index (κ2) is 4.54. The highest BCUT2D eigenvalue weighted by molar-refractivity contribution is 9.10. The fraction of sp³-hybridized carbons (Fsp3) is 0.182. The second-order valence-electron chi connectivity index (χ2n) is 3.56. The molecule has 0 fully saturated rings. The van der Waals surface area contributed by atoms with E-state index in [-0.39, 0.29) is 12.1 Å². The smallest absolute Gasteiger partial charge is 0.135 e. The summed E-state index contributed by atoms with van der Waals surface area (Å²) in [6.07, 6.45) is 0. The van der Waals surface area contributed by atoms with Crippen molar-refractivity contribution in [2.24, 2.45) is 12.8 Å². The van der Waals surface area contributed by atoms with Crippen LogP contribution in [0.3, 0.4) is 0 Å². The van der Waals surface area contributed by atoms with Crippen LogP contribution in [0, 0.1) is 11.6 Å². The molecule has 2 rings (SSSR count). The summed E-state index contributed by atoms with van der Waals surface area (Å²) in [6, 6.07) is 3.43. The Kier molecular flexibility index (Phi) is 3.26. The van der Waals surface area contributed by atoms with Crippen LogP contribution < -0.4 is 5.73 Å². The minimum Gasteiger partial charge on any atom is -0.325 e. The van der Waals surface area contributed by atoms with E-state index in [0.29, 0.717) is 15.9 Å². The van der Waals surface area contributed by atoms with Gasteiger partial charge in [-0.15, -0.1) is 0 Å². The number of hydrogen-bond acceptors (Lipinski definition) is 2. The van der Waals surface area contributed by atoms with Gasteiger partial charge in [-0.2, -0.15) is 5.10 Å². The zero-order valence-electron chi connectivity index (χ0n) is 9.04. The average molecular weight is 302 g/mol. The summed E-state index contributed by atoms with van der Waals surface area (Å²) in [5, 5.41) is 4.15. The van der Waals surface area contributed by atoms with Crippen LogP contribution in [-0.2, 0) is 13.6 Å². The molecule has 0 amide bonds. The lowest BCUT2D eigenvalue weighted by Crippen LogP contribution is -1.99. The Hall–Kier alpha value is -1.27. The monoisotopic (exact) mass is 301 g/mol. The fourth-order valence-electron chi connectivity index (χ4n) is 1.66. The first-order chi connectivity index (χ1) is 8.04. The Morgan fingerprint density at radius 2 is 2.12 bits per heavy atom. The third kappa shape index (κ3) is 2.10. The lowest BCUT2D eigenvalue weighted by molar-refractivity contribution is 0.584. The summed E-state index contributed by atoms with van der Waals surface area (Å²) < 4.78 is 28.7. The molecule has 1 aromatic heterocycles. The molecule has 1 heterocycles. The second-order valence-corrected chi connectivity index (χ2v) is 4.35. The molecular weight excluding hydrogens is 292 g/mol. The van der Waals surface area contributed by atoms with Gasteiger partial charge in [0.1, 0.15) is 11.6 Å². The maximum absolute atomic E-state index is 13.7. The number of rotatable bonds is 2. The Balaban J connectivity index is 2.64. The Bertz CT molecular complexity index is 566. The van der Waals surface area contributed by atoms with Gasteiger partial charge in [0.25, 0.3) is 0 Å². The first-order valence-electron chi connectivity index (χ1n) is 4.91. The van der Waals surface area contributed by atoms with E-state index in [0.717, 1.165) is 6.07 Å². The number of nitrogens with zero attached hydrogens (tertiary/aromatic N) is 2. The number of aromatic nitrogens is 2. The maximum Gasteiger partial charge on any atom is 0.135 e. The molecule has 0 bridgehead atoms. The van der Waals surface area contributed by atoms with Gasteiger partial charge in [0.05, 0.1) is 15.9 Å². The predicted molar refractivity (Wildman–Crippen MR) is 64.2 cm³/mol. The van der Waals surface area contributed by atoms with E-state index >= 15 is 0 Å². The van der Waals surface area contributed by atoms with E-state index in [1.807, 2.05) is 0 Å². The molecule has 90 valence electrons. The first kappa shape index (κ1) is 12.2. The lowest BCUT2D eigenvalue weighted by atomic mass is 10.1. The Morgan fingerprint density at radius 3 is 2.65 bits per heavy atom. The van der Waals surface area contributed by atoms with Gasteiger partial charge in [-0.1, -0.05) is 0 Å². The van der Waals surface area contributed by atoms with E-state index in [4.69, 9.17) is 5.73 Å². The molecular formula is C11H10BrF2N3. The van der Waals surface area contributed by atoms with E-state index in [2.05, 4.69) is 21.0 Å². The van der Waals surface area contributed by atoms with Gasteiger partial charge in [-0.3, -0.25) is 4.68 Å². The summed E-state index contributed by atoms with van der Waals surface area (Å²) in [5.41, 5.74) is 6.97. The molecule has 0 aliphatic heterocycles. The molecule has 0 atom stereocenters. The summed E-state index contributed by atoms with van der Waals surface area (Å²) in [6.45, 7) is 0.247. The summed E-state index contributed by atoms with van der Waals surface area (Å²) in [5.74, 6) is -1.24. The summed E-state index contributed by atoms with van der Waals surface area (Å²) in [4.78, 5) is 0. The first-order valence-corrected chi connectivity index (χ1v) is 5.70. The number of aryl methyl sites for hydroxylation is 1. The maximum atomic E-state index is 13.7. The summed E-state index contributed by atoms with van der Waals surface area (Å²) in [7, 11) is 1.68. The van der Waals surface area contributed by atoms with Crippen LogP contribution in [0.5, 0.6) is 0 Å². The molecule has 0 aliphatic carbocycles. The van der Waals surface area contributed by atoms with E-state index < -0.39 is 11.6 Å². The lowest BCUT2D eigenvalue weighted by Gasteiger charge is -2.04. The third-order valence-electron chi connectivity index (χ3n) is 2.44. The molecule has 0 saturated heterocycles. The molecule has 2 N–H and O–H groups in total. The van der Waals surface area contributed by atoms with E-state index in [1.54, 1.807) is 7.05 Å². The minimum absolute atomic E-state index is 0.247. The van der Waals surface area contributed by atoms with Gasteiger partial charge in [0, 0.05) is 25.2 Å². The van der Waals surface area contributed by atoms with Crippen molar-refractivity contribution in [1.82, 2.24) is 9.78 Å². The van der Waals surface area contributed by atoms with Gasteiger partial charge in [0.2, 0.25) is 0 Å². The minimum atomic E-state index is -0.628. The molecule has 0 unspecified atom stereocenters. The molecule has 17 heavy (non-hydrogen) atoms. The van der Waals surface area contributed by atoms with E-state index in [1.165, 1.54) is 16.8 Å². The highest BCUT2D eigenvalue weighted by Gasteiger charge is 2.17. The fourth-order valence-corrected chi connectivity index (χ4v) is 2.37. The van der Waals surface area contributed by atoms with Crippen molar-refractivity contribution in [2.75, 3.05) is 0 Å². The van der Waals surface area contributed by atoms with Crippen molar-refractivity contribution in [3.05, 3.63) is 40.0 Å². The number of benzene rings is 1. The van der Waals surface area contributed by atoms with Gasteiger partial charge in [0.15, 0.2) is 0 Å². The zero-order valence-corrected chi connectivity index (χ0v) is 10.6. The number of nitrogens with two attached hydrogens (primary N) is 1. The van der Waals surface area contributed by atoms with Gasteiger partial charge < -0.3 is 5.73 Å². The molecule has 0 radical (unpaired) electrons. The molecule has 6 heteroatoms. The Morgan fingerprint density at radius 1 is 1.41 bits per heavy atom. The standard InChI is InChI=1S/C11H10BrF2N3/c1-17-11(10(12)9(5-15)16-17)7-3-2-6(13)4-8(7)14/h2-4H,5,15H2,1H3. The van der Waals surface area contributed by atoms with Crippen LogP contribution >= 0.6 is 15.9 Å². The molecule has 0 spiro atoms. The molecule has 1 aromatic carbocycles. The zero-order chi connectivity index (χ0) is 12.6. The number of halogens is 3. The van der Waals surface area contributed by atoms with Crippen molar-refractivity contribution in [3.8, 4) is 11.3 Å². The van der Waals surface area contributed by atoms with Crippen LogP contribution in [-0.4, -0.2) is 9.78 Å². The van der Waals surface area contributed by atoms with Crippen LogP contribution in [0.15, 0.2) is 22.7 Å². The average Bonchev–Trinajstić information content (AvgIpc) is 2.55. The van der Waals surface area contributed by atoms with Crippen LogP contribution in [0.25, 0.3) is 11.3 Å². The van der Waals surface area contributed by atoms with Gasteiger partial charge >= 0.3 is 0 Å². The van der Waals surface area contributed by atoms with Crippen molar-refractivity contribution < 1.29 is 8.78 Å². The van der Waals surface area contributed by atoms with Crippen molar-refractivity contribution in [2.45, 2.75) is 6.54 Å².